The van der Waals surface area contributed by atoms with Gasteiger partial charge in [-0.1, -0.05) is 6.42 Å². The second-order valence-corrected chi connectivity index (χ2v) is 3.84. The monoisotopic (exact) mass is 154 g/mol. The van der Waals surface area contributed by atoms with Crippen molar-refractivity contribution in [1.29, 1.82) is 0 Å². The first-order valence-corrected chi connectivity index (χ1v) is 4.87. The van der Waals surface area contributed by atoms with Gasteiger partial charge in [0, 0.05) is 18.6 Å². The molecule has 1 saturated heterocycles. The lowest BCUT2D eigenvalue weighted by atomic mass is 9.85. The molecule has 0 aromatic heterocycles. The Labute approximate surface area is 68.7 Å². The van der Waals surface area contributed by atoms with Crippen LogP contribution in [-0.2, 0) is 0 Å². The van der Waals surface area contributed by atoms with Crippen molar-refractivity contribution in [1.82, 2.24) is 4.90 Å². The Morgan fingerprint density at radius 1 is 1.27 bits per heavy atom. The lowest BCUT2D eigenvalue weighted by Crippen LogP contribution is -2.55. The van der Waals surface area contributed by atoms with Gasteiger partial charge in [0.15, 0.2) is 0 Å². The van der Waals surface area contributed by atoms with E-state index in [1.54, 1.807) is 0 Å². The summed E-state index contributed by atoms with van der Waals surface area (Å²) in [4.78, 5) is 2.66. The van der Waals surface area contributed by atoms with E-state index < -0.39 is 0 Å². The Hall–Kier alpha value is -0.0800. The molecule has 0 aromatic carbocycles. The summed E-state index contributed by atoms with van der Waals surface area (Å²) >= 11 is 0. The third kappa shape index (κ3) is 1.30. The number of rotatable bonds is 3. The van der Waals surface area contributed by atoms with Gasteiger partial charge in [0.2, 0.25) is 0 Å². The molecular weight excluding hydrogens is 136 g/mol. The largest absolute Gasteiger partial charge is 0.330 e. The summed E-state index contributed by atoms with van der Waals surface area (Å²) in [7, 11) is 0. The molecule has 2 nitrogen and oxygen atoms in total. The predicted molar refractivity (Wildman–Crippen MR) is 46.4 cm³/mol. The number of likely N-dealkylation sites (tertiary alicyclic amines) is 1. The molecule has 2 N–H and O–H groups in total. The van der Waals surface area contributed by atoms with E-state index in [9.17, 15) is 0 Å². The maximum absolute atomic E-state index is 5.53. The van der Waals surface area contributed by atoms with Crippen molar-refractivity contribution in [3.63, 3.8) is 0 Å². The summed E-state index contributed by atoms with van der Waals surface area (Å²) < 4.78 is 0. The number of nitrogens with two attached hydrogens (primary N) is 1. The molecule has 1 unspecified atom stereocenters. The number of hydrogen-bond donors (Lipinski definition) is 1. The van der Waals surface area contributed by atoms with Crippen LogP contribution in [0.4, 0.5) is 0 Å². The fraction of sp³-hybridized carbons (Fsp3) is 1.00. The van der Waals surface area contributed by atoms with Crippen molar-refractivity contribution >= 4 is 0 Å². The van der Waals surface area contributed by atoms with Gasteiger partial charge in [0.1, 0.15) is 0 Å². The van der Waals surface area contributed by atoms with E-state index in [1.807, 2.05) is 0 Å². The third-order valence-electron chi connectivity index (χ3n) is 3.23. The minimum atomic E-state index is 0.852. The van der Waals surface area contributed by atoms with Gasteiger partial charge >= 0.3 is 0 Å². The van der Waals surface area contributed by atoms with E-state index in [1.165, 1.54) is 38.6 Å². The first kappa shape index (κ1) is 7.56. The highest BCUT2D eigenvalue weighted by molar-refractivity contribution is 4.91. The second-order valence-electron chi connectivity index (χ2n) is 3.84. The standard InChI is InChI=1S/C9H18N2/c10-6-4-9-5-7-11(9)8-2-1-3-8/h8-9H,1-7,10H2. The number of nitrogens with zero attached hydrogens (tertiary/aromatic N) is 1. The van der Waals surface area contributed by atoms with E-state index in [4.69, 9.17) is 5.73 Å². The minimum absolute atomic E-state index is 0.852. The molecule has 1 aliphatic heterocycles. The fourth-order valence-corrected chi connectivity index (χ4v) is 2.16. The molecule has 2 heteroatoms. The van der Waals surface area contributed by atoms with Gasteiger partial charge in [-0.3, -0.25) is 4.90 Å². The molecule has 0 radical (unpaired) electrons. The van der Waals surface area contributed by atoms with Crippen LogP contribution in [0.3, 0.4) is 0 Å². The molecule has 11 heavy (non-hydrogen) atoms. The zero-order valence-corrected chi connectivity index (χ0v) is 7.13. The van der Waals surface area contributed by atoms with Gasteiger partial charge in [-0.2, -0.15) is 0 Å². The van der Waals surface area contributed by atoms with Crippen LogP contribution in [0.25, 0.3) is 0 Å². The zero-order chi connectivity index (χ0) is 7.68. The molecule has 2 fully saturated rings. The van der Waals surface area contributed by atoms with Crippen molar-refractivity contribution in [2.75, 3.05) is 13.1 Å². The van der Waals surface area contributed by atoms with E-state index in [-0.39, 0.29) is 0 Å². The average Bonchev–Trinajstić information content (AvgIpc) is 1.89. The van der Waals surface area contributed by atoms with Crippen LogP contribution >= 0.6 is 0 Å². The van der Waals surface area contributed by atoms with Crippen molar-refractivity contribution < 1.29 is 0 Å². The first-order valence-electron chi connectivity index (χ1n) is 4.87. The van der Waals surface area contributed by atoms with Gasteiger partial charge in [-0.25, -0.2) is 0 Å². The highest BCUT2D eigenvalue weighted by atomic mass is 15.2. The van der Waals surface area contributed by atoms with Gasteiger partial charge in [0.25, 0.3) is 0 Å². The molecule has 1 aliphatic carbocycles. The summed E-state index contributed by atoms with van der Waals surface area (Å²) in [5, 5.41) is 0. The highest BCUT2D eigenvalue weighted by Crippen LogP contribution is 2.33. The SMILES string of the molecule is NCCC1CCN1C1CCC1. The Morgan fingerprint density at radius 2 is 2.09 bits per heavy atom. The maximum atomic E-state index is 5.53. The molecule has 1 saturated carbocycles. The van der Waals surface area contributed by atoms with Crippen molar-refractivity contribution in [2.24, 2.45) is 5.73 Å². The molecule has 0 spiro atoms. The molecule has 2 aliphatic rings. The maximum Gasteiger partial charge on any atom is 0.0122 e. The van der Waals surface area contributed by atoms with Gasteiger partial charge in [0.05, 0.1) is 0 Å². The van der Waals surface area contributed by atoms with E-state index in [0.29, 0.717) is 0 Å². The van der Waals surface area contributed by atoms with Gasteiger partial charge in [-0.05, 0) is 32.2 Å². The van der Waals surface area contributed by atoms with Crippen LogP contribution in [0.1, 0.15) is 32.1 Å². The predicted octanol–water partition coefficient (Wildman–Crippen LogP) is 0.962. The molecule has 0 amide bonds. The van der Waals surface area contributed by atoms with Crippen LogP contribution in [0, 0.1) is 0 Å². The smallest absolute Gasteiger partial charge is 0.0122 e. The summed E-state index contributed by atoms with van der Waals surface area (Å²) in [5.74, 6) is 0. The van der Waals surface area contributed by atoms with E-state index >= 15 is 0 Å². The van der Waals surface area contributed by atoms with E-state index in [2.05, 4.69) is 4.90 Å². The molecule has 0 bridgehead atoms. The fourth-order valence-electron chi connectivity index (χ4n) is 2.16. The summed E-state index contributed by atoms with van der Waals surface area (Å²) in [6.07, 6.45) is 6.96. The summed E-state index contributed by atoms with van der Waals surface area (Å²) in [6.45, 7) is 2.21. The van der Waals surface area contributed by atoms with Crippen LogP contribution in [0.2, 0.25) is 0 Å². The van der Waals surface area contributed by atoms with Crippen molar-refractivity contribution in [3.05, 3.63) is 0 Å². The Kier molecular flexibility index (Phi) is 2.14. The normalized spacial score (nSPS) is 33.0. The van der Waals surface area contributed by atoms with Gasteiger partial charge < -0.3 is 5.73 Å². The molecule has 2 rings (SSSR count). The van der Waals surface area contributed by atoms with Crippen LogP contribution in [0.15, 0.2) is 0 Å². The molecule has 1 atom stereocenters. The molecule has 0 aromatic rings. The Balaban J connectivity index is 1.76. The lowest BCUT2D eigenvalue weighted by molar-refractivity contribution is 0.00262. The second kappa shape index (κ2) is 3.11. The average molecular weight is 154 g/mol. The van der Waals surface area contributed by atoms with Gasteiger partial charge in [-0.15, -0.1) is 0 Å². The highest BCUT2D eigenvalue weighted by Gasteiger charge is 2.35. The van der Waals surface area contributed by atoms with Crippen LogP contribution < -0.4 is 5.73 Å². The quantitative estimate of drug-likeness (QED) is 0.656. The Morgan fingerprint density at radius 3 is 2.45 bits per heavy atom. The molecule has 64 valence electrons. The lowest BCUT2D eigenvalue weighted by Gasteiger charge is -2.49. The number of hydrogen-bond acceptors (Lipinski definition) is 2. The van der Waals surface area contributed by atoms with Crippen molar-refractivity contribution in [2.45, 2.75) is 44.2 Å². The van der Waals surface area contributed by atoms with Crippen molar-refractivity contribution in [3.8, 4) is 0 Å². The third-order valence-corrected chi connectivity index (χ3v) is 3.23. The summed E-state index contributed by atoms with van der Waals surface area (Å²) in [5.41, 5.74) is 5.53. The molecular formula is C9H18N2. The minimum Gasteiger partial charge on any atom is -0.330 e. The topological polar surface area (TPSA) is 29.3 Å². The van der Waals surface area contributed by atoms with Crippen LogP contribution in [0.5, 0.6) is 0 Å². The van der Waals surface area contributed by atoms with E-state index in [0.717, 1.165) is 18.6 Å². The zero-order valence-electron chi connectivity index (χ0n) is 7.13. The first-order chi connectivity index (χ1) is 5.42. The molecule has 1 heterocycles. The Bertz CT molecular complexity index is 132. The summed E-state index contributed by atoms with van der Waals surface area (Å²) in [6, 6.07) is 1.80. The van der Waals surface area contributed by atoms with Crippen LogP contribution in [-0.4, -0.2) is 30.1 Å².